The van der Waals surface area contributed by atoms with Crippen LogP contribution < -0.4 is 16.6 Å². The van der Waals surface area contributed by atoms with Crippen LogP contribution in [0.15, 0.2) is 12.4 Å². The molecule has 0 aliphatic carbocycles. The van der Waals surface area contributed by atoms with Gasteiger partial charge in [-0.1, -0.05) is 0 Å². The molecule has 0 radical (unpaired) electrons. The van der Waals surface area contributed by atoms with Crippen molar-refractivity contribution in [2.75, 3.05) is 6.54 Å². The molecule has 1 aromatic heterocycles. The summed E-state index contributed by atoms with van der Waals surface area (Å²) in [6.07, 6.45) is 3.30. The van der Waals surface area contributed by atoms with Gasteiger partial charge in [0.2, 0.25) is 0 Å². The standard InChI is InChI=1S/C16H23N7O9S/c1-9(17)15(26)31-8-12-18-4-5-21(12)7-13(24)19-20-14(25)11-3-2-10-6-22(11)16(27)23(10)32-33(28,29)30/h4-5,9-11H,2-3,6-8,17H2,1H3,(H,19,24)(H,20,25)(H,28,29,30)/t9?,10-,11+/m1/s1. The highest BCUT2D eigenvalue weighted by molar-refractivity contribution is 7.80. The molecule has 16 nitrogen and oxygen atoms in total. The molecule has 182 valence electrons. The van der Waals surface area contributed by atoms with Crippen molar-refractivity contribution in [3.8, 4) is 0 Å². The predicted molar refractivity (Wildman–Crippen MR) is 105 cm³/mol. The van der Waals surface area contributed by atoms with Gasteiger partial charge >= 0.3 is 22.4 Å². The second-order valence-electron chi connectivity index (χ2n) is 7.42. The average Bonchev–Trinajstić information content (AvgIpc) is 3.27. The van der Waals surface area contributed by atoms with E-state index in [9.17, 15) is 27.6 Å². The van der Waals surface area contributed by atoms with E-state index >= 15 is 0 Å². The Balaban J connectivity index is 1.51. The number of aromatic nitrogens is 2. The molecule has 17 heteroatoms. The molecule has 1 aromatic rings. The molecule has 2 aliphatic heterocycles. The molecule has 3 rings (SSSR count). The number of carbonyl (C=O) groups is 4. The molecule has 2 aliphatic rings. The Labute approximate surface area is 187 Å². The van der Waals surface area contributed by atoms with Gasteiger partial charge in [0.05, 0.1) is 6.04 Å². The van der Waals surface area contributed by atoms with Gasteiger partial charge in [-0.2, -0.15) is 13.5 Å². The van der Waals surface area contributed by atoms with Crippen LogP contribution in [0.3, 0.4) is 0 Å². The quantitative estimate of drug-likeness (QED) is 0.169. The van der Waals surface area contributed by atoms with Crippen LogP contribution in [0.1, 0.15) is 25.6 Å². The molecule has 0 spiro atoms. The summed E-state index contributed by atoms with van der Waals surface area (Å²) in [5.74, 6) is -1.67. The summed E-state index contributed by atoms with van der Waals surface area (Å²) < 4.78 is 41.3. The SMILES string of the molecule is CC(N)C(=O)OCc1nccn1CC(=O)NNC(=O)[C@@H]1CC[C@@H]2CN1C(=O)N2OS(=O)(=O)O. The van der Waals surface area contributed by atoms with E-state index in [0.717, 1.165) is 4.90 Å². The van der Waals surface area contributed by atoms with Gasteiger partial charge in [0.15, 0.2) is 0 Å². The van der Waals surface area contributed by atoms with Crippen LogP contribution in [0.25, 0.3) is 0 Å². The Morgan fingerprint density at radius 3 is 2.73 bits per heavy atom. The summed E-state index contributed by atoms with van der Waals surface area (Å²) >= 11 is 0. The van der Waals surface area contributed by atoms with Gasteiger partial charge in [-0.3, -0.25) is 29.8 Å². The third-order valence-corrected chi connectivity index (χ3v) is 5.31. The number of imidazole rings is 1. The number of rotatable bonds is 8. The first-order chi connectivity index (χ1) is 15.5. The van der Waals surface area contributed by atoms with Gasteiger partial charge in [0.25, 0.3) is 11.8 Å². The number of esters is 1. The second kappa shape index (κ2) is 9.69. The monoisotopic (exact) mass is 489 g/mol. The molecule has 5 N–H and O–H groups in total. The molecule has 1 unspecified atom stereocenters. The number of ether oxygens (including phenoxy) is 1. The number of nitrogens with two attached hydrogens (primary N) is 1. The largest absolute Gasteiger partial charge is 0.456 e. The molecular weight excluding hydrogens is 466 g/mol. The van der Waals surface area contributed by atoms with E-state index < -0.39 is 52.3 Å². The Hall–Kier alpha value is -3.28. The number of carbonyl (C=O) groups excluding carboxylic acids is 4. The van der Waals surface area contributed by atoms with Crippen LogP contribution in [-0.4, -0.2) is 81.0 Å². The van der Waals surface area contributed by atoms with Gasteiger partial charge < -0.3 is 19.9 Å². The first-order valence-electron chi connectivity index (χ1n) is 9.74. The van der Waals surface area contributed by atoms with Crippen molar-refractivity contribution in [1.29, 1.82) is 0 Å². The predicted octanol–water partition coefficient (Wildman–Crippen LogP) is -2.58. The Kier molecular flexibility index (Phi) is 7.15. The van der Waals surface area contributed by atoms with E-state index in [1.54, 1.807) is 0 Å². The smallest absolute Gasteiger partial charge is 0.418 e. The fourth-order valence-electron chi connectivity index (χ4n) is 3.40. The van der Waals surface area contributed by atoms with Crippen molar-refractivity contribution in [2.45, 2.75) is 51.0 Å². The molecule has 4 amide bonds. The minimum absolute atomic E-state index is 0.0128. The molecular formula is C16H23N7O9S. The Morgan fingerprint density at radius 2 is 2.06 bits per heavy atom. The Morgan fingerprint density at radius 1 is 1.33 bits per heavy atom. The van der Waals surface area contributed by atoms with Crippen LogP contribution in [0, 0.1) is 0 Å². The maximum atomic E-state index is 12.5. The van der Waals surface area contributed by atoms with Crippen molar-refractivity contribution in [3.63, 3.8) is 0 Å². The van der Waals surface area contributed by atoms with Gasteiger partial charge in [-0.05, 0) is 19.8 Å². The zero-order valence-electron chi connectivity index (χ0n) is 17.4. The highest BCUT2D eigenvalue weighted by atomic mass is 32.3. The van der Waals surface area contributed by atoms with E-state index in [1.807, 2.05) is 0 Å². The van der Waals surface area contributed by atoms with Gasteiger partial charge in [0.1, 0.15) is 31.1 Å². The lowest BCUT2D eigenvalue weighted by atomic mass is 10.0. The number of hydroxylamine groups is 2. The molecule has 3 heterocycles. The maximum Gasteiger partial charge on any atom is 0.418 e. The summed E-state index contributed by atoms with van der Waals surface area (Å²) in [5.41, 5.74) is 9.85. The number of nitrogens with one attached hydrogen (secondary N) is 2. The van der Waals surface area contributed by atoms with Crippen LogP contribution >= 0.6 is 0 Å². The molecule has 2 fully saturated rings. The first-order valence-corrected chi connectivity index (χ1v) is 11.1. The lowest BCUT2D eigenvalue weighted by Gasteiger charge is -2.29. The summed E-state index contributed by atoms with van der Waals surface area (Å²) in [4.78, 5) is 53.6. The first kappa shape index (κ1) is 24.4. The number of hydrazine groups is 1. The maximum absolute atomic E-state index is 12.5. The fraction of sp³-hybridized carbons (Fsp3) is 0.562. The summed E-state index contributed by atoms with van der Waals surface area (Å²) in [5, 5.41) is 0.514. The second-order valence-corrected chi connectivity index (χ2v) is 8.42. The minimum atomic E-state index is -4.90. The Bertz CT molecular complexity index is 1040. The van der Waals surface area contributed by atoms with Crippen LogP contribution in [0.5, 0.6) is 0 Å². The van der Waals surface area contributed by atoms with Gasteiger partial charge in [-0.15, -0.1) is 4.28 Å². The van der Waals surface area contributed by atoms with Crippen LogP contribution in [0.4, 0.5) is 4.79 Å². The third kappa shape index (κ3) is 5.95. The van der Waals surface area contributed by atoms with Gasteiger partial charge in [-0.25, -0.2) is 9.78 Å². The van der Waals surface area contributed by atoms with E-state index in [0.29, 0.717) is 5.06 Å². The minimum Gasteiger partial charge on any atom is -0.456 e. The molecule has 3 atom stereocenters. The number of amides is 4. The molecule has 2 saturated heterocycles. The van der Waals surface area contributed by atoms with Gasteiger partial charge in [0, 0.05) is 18.9 Å². The van der Waals surface area contributed by atoms with Crippen molar-refractivity contribution in [1.82, 2.24) is 30.4 Å². The van der Waals surface area contributed by atoms with Crippen molar-refractivity contribution >= 4 is 34.2 Å². The molecule has 2 bridgehead atoms. The number of hydrogen-bond donors (Lipinski definition) is 4. The molecule has 0 saturated carbocycles. The van der Waals surface area contributed by atoms with Crippen LogP contribution in [-0.2, 0) is 47.0 Å². The fourth-order valence-corrected chi connectivity index (χ4v) is 3.79. The number of urea groups is 1. The van der Waals surface area contributed by atoms with E-state index in [4.69, 9.17) is 15.0 Å². The molecule has 0 aromatic carbocycles. The van der Waals surface area contributed by atoms with Crippen molar-refractivity contribution < 1.29 is 41.2 Å². The number of hydrogen-bond acceptors (Lipinski definition) is 10. The van der Waals surface area contributed by atoms with E-state index in [2.05, 4.69) is 20.1 Å². The number of fused-ring (bicyclic) bond motifs is 2. The third-order valence-electron chi connectivity index (χ3n) is 4.96. The molecule has 33 heavy (non-hydrogen) atoms. The highest BCUT2D eigenvalue weighted by Gasteiger charge is 2.49. The van der Waals surface area contributed by atoms with E-state index in [1.165, 1.54) is 23.9 Å². The number of nitrogens with zero attached hydrogens (tertiary/aromatic N) is 4. The van der Waals surface area contributed by atoms with Crippen molar-refractivity contribution in [2.24, 2.45) is 5.73 Å². The normalized spacial score (nSPS) is 21.0. The topological polar surface area (TPSA) is 215 Å². The summed E-state index contributed by atoms with van der Waals surface area (Å²) in [7, 11) is -4.90. The van der Waals surface area contributed by atoms with Crippen LogP contribution in [0.2, 0.25) is 0 Å². The highest BCUT2D eigenvalue weighted by Crippen LogP contribution is 2.30. The zero-order valence-corrected chi connectivity index (χ0v) is 18.2. The number of piperidine rings is 1. The summed E-state index contributed by atoms with van der Waals surface area (Å²) in [6.45, 7) is 1.03. The summed E-state index contributed by atoms with van der Waals surface area (Å²) in [6, 6.07) is -3.33. The zero-order chi connectivity index (χ0) is 24.3. The average molecular weight is 489 g/mol. The van der Waals surface area contributed by atoms with Crippen molar-refractivity contribution in [3.05, 3.63) is 18.2 Å². The lowest BCUT2D eigenvalue weighted by molar-refractivity contribution is -0.146. The lowest BCUT2D eigenvalue weighted by Crippen LogP contribution is -2.54. The van der Waals surface area contributed by atoms with E-state index in [-0.39, 0.29) is 38.4 Å².